The molecule has 5 heteroatoms. The Labute approximate surface area is 131 Å². The van der Waals surface area contributed by atoms with Crippen molar-refractivity contribution in [1.29, 1.82) is 0 Å². The van der Waals surface area contributed by atoms with Crippen LogP contribution in [0, 0.1) is 0 Å². The summed E-state index contributed by atoms with van der Waals surface area (Å²) in [5, 5.41) is 0.832. The van der Waals surface area contributed by atoms with Gasteiger partial charge in [0.25, 0.3) is 0 Å². The van der Waals surface area contributed by atoms with Gasteiger partial charge in [-0.15, -0.1) is 0 Å². The molecular formula is C15H24BrNO2S. The van der Waals surface area contributed by atoms with Crippen molar-refractivity contribution in [2.75, 3.05) is 29.1 Å². The second-order valence-electron chi connectivity index (χ2n) is 4.82. The summed E-state index contributed by atoms with van der Waals surface area (Å²) in [7, 11) is -3.19. The molecule has 1 rings (SSSR count). The number of rotatable bonds is 9. The lowest BCUT2D eigenvalue weighted by molar-refractivity contribution is 0.594. The molecule has 20 heavy (non-hydrogen) atoms. The predicted octanol–water partition coefficient (Wildman–Crippen LogP) is 3.87. The number of nitrogens with zero attached hydrogens (tertiary/aromatic N) is 1. The first-order valence-electron chi connectivity index (χ1n) is 7.19. The second kappa shape index (κ2) is 8.67. The Kier molecular flexibility index (Phi) is 7.59. The van der Waals surface area contributed by atoms with Crippen LogP contribution in [0.2, 0.25) is 0 Å². The van der Waals surface area contributed by atoms with Crippen molar-refractivity contribution in [3.63, 3.8) is 0 Å². The van der Waals surface area contributed by atoms with Gasteiger partial charge in [0, 0.05) is 18.4 Å². The minimum Gasteiger partial charge on any atom is -0.370 e. The summed E-state index contributed by atoms with van der Waals surface area (Å²) in [6.07, 6.45) is 2.81. The van der Waals surface area contributed by atoms with Crippen LogP contribution < -0.4 is 4.90 Å². The van der Waals surface area contributed by atoms with Crippen LogP contribution in [-0.2, 0) is 9.84 Å². The summed E-state index contributed by atoms with van der Waals surface area (Å²) in [6, 6.07) is 7.36. The van der Waals surface area contributed by atoms with E-state index in [1.54, 1.807) is 12.1 Å². The Morgan fingerprint density at radius 3 is 2.40 bits per heavy atom. The quantitative estimate of drug-likeness (QED) is 0.626. The molecule has 0 unspecified atom stereocenters. The van der Waals surface area contributed by atoms with E-state index in [0.717, 1.165) is 36.9 Å². The van der Waals surface area contributed by atoms with Crippen LogP contribution >= 0.6 is 15.9 Å². The Morgan fingerprint density at radius 2 is 1.80 bits per heavy atom. The first-order chi connectivity index (χ1) is 9.56. The van der Waals surface area contributed by atoms with E-state index in [9.17, 15) is 8.42 Å². The van der Waals surface area contributed by atoms with Gasteiger partial charge in [-0.3, -0.25) is 0 Å². The third-order valence-electron chi connectivity index (χ3n) is 3.15. The number of sulfone groups is 1. The molecule has 114 valence electrons. The number of hydrogen-bond acceptors (Lipinski definition) is 3. The maximum atomic E-state index is 12.4. The van der Waals surface area contributed by atoms with Gasteiger partial charge in [-0.2, -0.15) is 0 Å². The lowest BCUT2D eigenvalue weighted by atomic mass is 10.2. The summed E-state index contributed by atoms with van der Waals surface area (Å²) in [5.41, 5.74) is 0.842. The number of anilines is 1. The lowest BCUT2D eigenvalue weighted by Crippen LogP contribution is -2.28. The van der Waals surface area contributed by atoms with Gasteiger partial charge >= 0.3 is 0 Å². The van der Waals surface area contributed by atoms with Crippen LogP contribution in [0.25, 0.3) is 0 Å². The Balaban J connectivity index is 3.15. The minimum atomic E-state index is -3.19. The first kappa shape index (κ1) is 17.5. The molecule has 0 heterocycles. The number of benzene rings is 1. The third kappa shape index (κ3) is 4.77. The van der Waals surface area contributed by atoms with Crippen molar-refractivity contribution < 1.29 is 8.42 Å². The molecule has 0 aliphatic heterocycles. The van der Waals surface area contributed by atoms with Gasteiger partial charge < -0.3 is 4.90 Å². The van der Waals surface area contributed by atoms with Crippen molar-refractivity contribution in [1.82, 2.24) is 0 Å². The van der Waals surface area contributed by atoms with Crippen molar-refractivity contribution in [3.8, 4) is 0 Å². The van der Waals surface area contributed by atoms with Crippen molar-refractivity contribution in [3.05, 3.63) is 24.3 Å². The van der Waals surface area contributed by atoms with E-state index in [4.69, 9.17) is 0 Å². The molecule has 0 N–H and O–H groups in total. The fraction of sp³-hybridized carbons (Fsp3) is 0.600. The van der Waals surface area contributed by atoms with Crippen molar-refractivity contribution >= 4 is 31.5 Å². The normalized spacial score (nSPS) is 11.6. The van der Waals surface area contributed by atoms with Crippen LogP contribution in [0.3, 0.4) is 0 Å². The van der Waals surface area contributed by atoms with Gasteiger partial charge in [-0.25, -0.2) is 8.42 Å². The SMILES string of the molecule is CCCCN(CCBr)c1ccccc1S(=O)(=O)CCC. The molecule has 0 aliphatic rings. The molecule has 0 radical (unpaired) electrons. The fourth-order valence-corrected chi connectivity index (χ4v) is 4.15. The highest BCUT2D eigenvalue weighted by atomic mass is 79.9. The number of halogens is 1. The van der Waals surface area contributed by atoms with Crippen LogP contribution in [-0.4, -0.2) is 32.6 Å². The fourth-order valence-electron chi connectivity index (χ4n) is 2.16. The van der Waals surface area contributed by atoms with Crippen molar-refractivity contribution in [2.24, 2.45) is 0 Å². The van der Waals surface area contributed by atoms with Crippen LogP contribution in [0.1, 0.15) is 33.1 Å². The highest BCUT2D eigenvalue weighted by Crippen LogP contribution is 2.26. The highest BCUT2D eigenvalue weighted by molar-refractivity contribution is 9.09. The van der Waals surface area contributed by atoms with E-state index >= 15 is 0 Å². The number of para-hydroxylation sites is 1. The second-order valence-corrected chi connectivity index (χ2v) is 7.69. The maximum absolute atomic E-state index is 12.4. The van der Waals surface area contributed by atoms with Gasteiger partial charge in [-0.1, -0.05) is 48.3 Å². The third-order valence-corrected chi connectivity index (χ3v) is 5.47. The van der Waals surface area contributed by atoms with E-state index in [1.165, 1.54) is 0 Å². The predicted molar refractivity (Wildman–Crippen MR) is 89.7 cm³/mol. The average molecular weight is 362 g/mol. The largest absolute Gasteiger partial charge is 0.370 e. The van der Waals surface area contributed by atoms with E-state index in [0.29, 0.717) is 11.3 Å². The van der Waals surface area contributed by atoms with Gasteiger partial charge in [0.15, 0.2) is 9.84 Å². The molecule has 0 fully saturated rings. The summed E-state index contributed by atoms with van der Waals surface area (Å²) in [4.78, 5) is 2.64. The molecule has 0 saturated heterocycles. The van der Waals surface area contributed by atoms with E-state index in [-0.39, 0.29) is 5.75 Å². The van der Waals surface area contributed by atoms with E-state index in [2.05, 4.69) is 27.8 Å². The molecule has 0 amide bonds. The molecule has 0 saturated carbocycles. The summed E-state index contributed by atoms with van der Waals surface area (Å²) < 4.78 is 24.8. The molecule has 0 spiro atoms. The average Bonchev–Trinajstić information content (AvgIpc) is 2.43. The molecule has 0 bridgehead atoms. The van der Waals surface area contributed by atoms with Crippen LogP contribution in [0.5, 0.6) is 0 Å². The lowest BCUT2D eigenvalue weighted by Gasteiger charge is -2.26. The Hall–Kier alpha value is -0.550. The zero-order valence-corrected chi connectivity index (χ0v) is 14.7. The number of unbranched alkanes of at least 4 members (excludes halogenated alkanes) is 1. The van der Waals surface area contributed by atoms with Gasteiger partial charge in [0.2, 0.25) is 0 Å². The summed E-state index contributed by atoms with van der Waals surface area (Å²) in [5.74, 6) is 0.208. The highest BCUT2D eigenvalue weighted by Gasteiger charge is 2.20. The Bertz CT molecular complexity index is 502. The molecule has 3 nitrogen and oxygen atoms in total. The Morgan fingerprint density at radius 1 is 1.10 bits per heavy atom. The molecule has 1 aromatic carbocycles. The topological polar surface area (TPSA) is 37.4 Å². The molecule has 1 aromatic rings. The van der Waals surface area contributed by atoms with Gasteiger partial charge in [0.1, 0.15) is 0 Å². The van der Waals surface area contributed by atoms with Crippen LogP contribution in [0.15, 0.2) is 29.2 Å². The number of alkyl halides is 1. The van der Waals surface area contributed by atoms with E-state index in [1.807, 2.05) is 19.1 Å². The maximum Gasteiger partial charge on any atom is 0.180 e. The minimum absolute atomic E-state index is 0.208. The molecular weight excluding hydrogens is 338 g/mol. The van der Waals surface area contributed by atoms with Crippen LogP contribution in [0.4, 0.5) is 5.69 Å². The zero-order chi connectivity index (χ0) is 15.0. The number of hydrogen-bond donors (Lipinski definition) is 0. The van der Waals surface area contributed by atoms with Crippen molar-refractivity contribution in [2.45, 2.75) is 38.0 Å². The van der Waals surface area contributed by atoms with E-state index < -0.39 is 9.84 Å². The first-order valence-corrected chi connectivity index (χ1v) is 9.96. The van der Waals surface area contributed by atoms with Gasteiger partial charge in [-0.05, 0) is 25.0 Å². The summed E-state index contributed by atoms with van der Waals surface area (Å²) in [6.45, 7) is 5.75. The molecule has 0 atom stereocenters. The smallest absolute Gasteiger partial charge is 0.180 e. The molecule has 0 aromatic heterocycles. The summed E-state index contributed by atoms with van der Waals surface area (Å²) >= 11 is 3.45. The van der Waals surface area contributed by atoms with Gasteiger partial charge in [0.05, 0.1) is 16.3 Å². The monoisotopic (exact) mass is 361 g/mol. The standard InChI is InChI=1S/C15H24BrNO2S/c1-3-5-11-17(12-10-16)14-8-6-7-9-15(14)20(18,19)13-4-2/h6-9H,3-5,10-13H2,1-2H3. The molecule has 0 aliphatic carbocycles. The zero-order valence-electron chi connectivity index (χ0n) is 12.3.